The van der Waals surface area contributed by atoms with E-state index in [1.807, 2.05) is 18.2 Å². The van der Waals surface area contributed by atoms with Crippen LogP contribution in [0.3, 0.4) is 0 Å². The SMILES string of the molecule is CC/C=C/C/C=C/C/C=C/C/C=C/C/C=C/C/C=C/CCC(=O)OC(CO)COC(=O)CC/C=C/C/C=C/CCCCCCCC. The summed E-state index contributed by atoms with van der Waals surface area (Å²) >= 11 is 0. The highest BCUT2D eigenvalue weighted by Crippen LogP contribution is 2.08. The fourth-order valence-corrected chi connectivity index (χ4v) is 4.22. The van der Waals surface area contributed by atoms with Gasteiger partial charge in [0.1, 0.15) is 6.61 Å². The van der Waals surface area contributed by atoms with Gasteiger partial charge in [0.25, 0.3) is 0 Å². The molecule has 0 heterocycles. The van der Waals surface area contributed by atoms with E-state index in [-0.39, 0.29) is 32.0 Å². The summed E-state index contributed by atoms with van der Waals surface area (Å²) in [5, 5.41) is 9.50. The summed E-state index contributed by atoms with van der Waals surface area (Å²) in [7, 11) is 0. The van der Waals surface area contributed by atoms with Gasteiger partial charge in [0.05, 0.1) is 6.61 Å². The molecule has 0 aromatic rings. The standard InChI is InChI=1S/C41H64O5/c1-3-5-7-9-11-13-15-17-18-19-20-21-22-24-26-28-30-32-34-36-41(44)46-39(37-42)38-45-40(43)35-33-31-29-27-25-23-16-14-12-10-8-6-4-2/h5,7,11,13,17-18,20-21,23-26,29-32,39,42H,3-4,6,8-10,12,14-16,19,22,27-28,33-38H2,1-2H3/b7-5+,13-11+,18-17+,21-20+,25-23+,26-24+,31-29+,32-30+. The van der Waals surface area contributed by atoms with Crippen LogP contribution in [0.5, 0.6) is 0 Å². The maximum absolute atomic E-state index is 12.1. The molecule has 0 aliphatic rings. The van der Waals surface area contributed by atoms with Crippen LogP contribution < -0.4 is 0 Å². The van der Waals surface area contributed by atoms with Crippen LogP contribution in [0.4, 0.5) is 0 Å². The van der Waals surface area contributed by atoms with Gasteiger partial charge in [-0.15, -0.1) is 0 Å². The van der Waals surface area contributed by atoms with Crippen molar-refractivity contribution in [2.75, 3.05) is 13.2 Å². The molecule has 0 amide bonds. The number of esters is 2. The van der Waals surface area contributed by atoms with Gasteiger partial charge < -0.3 is 14.6 Å². The number of rotatable bonds is 30. The van der Waals surface area contributed by atoms with Crippen LogP contribution in [0, 0.1) is 0 Å². The molecule has 0 spiro atoms. The highest BCUT2D eigenvalue weighted by molar-refractivity contribution is 5.70. The number of allylic oxidation sites excluding steroid dienone is 16. The maximum Gasteiger partial charge on any atom is 0.306 e. The second-order valence-corrected chi connectivity index (χ2v) is 11.2. The molecular weight excluding hydrogens is 572 g/mol. The summed E-state index contributed by atoms with van der Waals surface area (Å²) in [6.45, 7) is 3.87. The Bertz CT molecular complexity index is 948. The second kappa shape index (κ2) is 36.3. The Morgan fingerprint density at radius 1 is 0.522 bits per heavy atom. The lowest BCUT2D eigenvalue weighted by atomic mass is 10.1. The summed E-state index contributed by atoms with van der Waals surface area (Å²) in [5.74, 6) is -0.780. The number of unbranched alkanes of at least 4 members (excludes halogenated alkanes) is 6. The quantitative estimate of drug-likeness (QED) is 0.0482. The van der Waals surface area contributed by atoms with Gasteiger partial charge in [0.15, 0.2) is 6.10 Å². The number of aliphatic hydroxyl groups excluding tert-OH is 1. The topological polar surface area (TPSA) is 72.8 Å². The van der Waals surface area contributed by atoms with E-state index in [0.717, 1.165) is 51.4 Å². The average molecular weight is 637 g/mol. The van der Waals surface area contributed by atoms with Crippen LogP contribution in [-0.4, -0.2) is 36.4 Å². The first-order valence-electron chi connectivity index (χ1n) is 17.8. The number of carbonyl (C=O) groups excluding carboxylic acids is 2. The molecule has 1 atom stereocenters. The molecule has 5 nitrogen and oxygen atoms in total. The summed E-state index contributed by atoms with van der Waals surface area (Å²) in [5.41, 5.74) is 0. The highest BCUT2D eigenvalue weighted by Gasteiger charge is 2.15. The normalized spacial score (nSPS) is 13.4. The van der Waals surface area contributed by atoms with Crippen molar-refractivity contribution in [2.45, 2.75) is 136 Å². The molecule has 0 bridgehead atoms. The molecule has 0 aliphatic carbocycles. The molecule has 46 heavy (non-hydrogen) atoms. The van der Waals surface area contributed by atoms with Crippen molar-refractivity contribution in [2.24, 2.45) is 0 Å². The van der Waals surface area contributed by atoms with Crippen molar-refractivity contribution in [1.82, 2.24) is 0 Å². The first-order valence-corrected chi connectivity index (χ1v) is 17.8. The predicted octanol–water partition coefficient (Wildman–Crippen LogP) is 10.9. The van der Waals surface area contributed by atoms with Crippen molar-refractivity contribution in [1.29, 1.82) is 0 Å². The maximum atomic E-state index is 12.1. The number of hydrogen-bond acceptors (Lipinski definition) is 5. The zero-order chi connectivity index (χ0) is 33.6. The van der Waals surface area contributed by atoms with E-state index >= 15 is 0 Å². The van der Waals surface area contributed by atoms with Crippen LogP contribution in [0.1, 0.15) is 129 Å². The lowest BCUT2D eigenvalue weighted by Crippen LogP contribution is -2.28. The average Bonchev–Trinajstić information content (AvgIpc) is 3.06. The minimum Gasteiger partial charge on any atom is -0.462 e. The molecule has 0 aromatic heterocycles. The van der Waals surface area contributed by atoms with E-state index in [0.29, 0.717) is 12.8 Å². The molecule has 0 aliphatic heterocycles. The molecule has 0 aromatic carbocycles. The first-order chi connectivity index (χ1) is 22.6. The minimum absolute atomic E-state index is 0.133. The van der Waals surface area contributed by atoms with Crippen molar-refractivity contribution < 1.29 is 24.2 Å². The molecule has 0 saturated carbocycles. The fraction of sp³-hybridized carbons (Fsp3) is 0.561. The third-order valence-electron chi connectivity index (χ3n) is 6.89. The van der Waals surface area contributed by atoms with Crippen molar-refractivity contribution in [3.63, 3.8) is 0 Å². The van der Waals surface area contributed by atoms with Gasteiger partial charge in [-0.1, -0.05) is 143 Å². The largest absolute Gasteiger partial charge is 0.462 e. The molecule has 258 valence electrons. The monoisotopic (exact) mass is 636 g/mol. The highest BCUT2D eigenvalue weighted by atomic mass is 16.6. The molecule has 0 fully saturated rings. The molecular formula is C41H64O5. The van der Waals surface area contributed by atoms with Crippen LogP contribution in [-0.2, 0) is 19.1 Å². The third-order valence-corrected chi connectivity index (χ3v) is 6.89. The van der Waals surface area contributed by atoms with E-state index < -0.39 is 12.1 Å². The van der Waals surface area contributed by atoms with Crippen molar-refractivity contribution in [3.05, 3.63) is 97.2 Å². The Morgan fingerprint density at radius 3 is 1.41 bits per heavy atom. The molecule has 0 radical (unpaired) electrons. The zero-order valence-electron chi connectivity index (χ0n) is 29.0. The van der Waals surface area contributed by atoms with Gasteiger partial charge >= 0.3 is 11.9 Å². The number of ether oxygens (including phenoxy) is 2. The van der Waals surface area contributed by atoms with Crippen LogP contribution >= 0.6 is 0 Å². The lowest BCUT2D eigenvalue weighted by Gasteiger charge is -2.15. The molecule has 1 unspecified atom stereocenters. The predicted molar refractivity (Wildman–Crippen MR) is 195 cm³/mol. The Hall–Kier alpha value is -3.18. The van der Waals surface area contributed by atoms with E-state index in [1.54, 1.807) is 0 Å². The van der Waals surface area contributed by atoms with E-state index in [4.69, 9.17) is 9.47 Å². The molecule has 0 saturated heterocycles. The van der Waals surface area contributed by atoms with Crippen LogP contribution in [0.25, 0.3) is 0 Å². The Labute approximate surface area is 281 Å². The van der Waals surface area contributed by atoms with Crippen molar-refractivity contribution in [3.8, 4) is 0 Å². The van der Waals surface area contributed by atoms with Gasteiger partial charge in [-0.25, -0.2) is 0 Å². The summed E-state index contributed by atoms with van der Waals surface area (Å²) in [4.78, 5) is 24.1. The number of aliphatic hydroxyl groups is 1. The fourth-order valence-electron chi connectivity index (χ4n) is 4.22. The van der Waals surface area contributed by atoms with Gasteiger partial charge in [-0.3, -0.25) is 9.59 Å². The van der Waals surface area contributed by atoms with E-state index in [9.17, 15) is 14.7 Å². The second-order valence-electron chi connectivity index (χ2n) is 11.2. The van der Waals surface area contributed by atoms with Crippen LogP contribution in [0.15, 0.2) is 97.2 Å². The zero-order valence-corrected chi connectivity index (χ0v) is 29.0. The third kappa shape index (κ3) is 33.7. The Balaban J connectivity index is 3.84. The van der Waals surface area contributed by atoms with E-state index in [2.05, 4.69) is 92.8 Å². The molecule has 0 rings (SSSR count). The van der Waals surface area contributed by atoms with Gasteiger partial charge in [0.2, 0.25) is 0 Å². The van der Waals surface area contributed by atoms with Gasteiger partial charge in [-0.05, 0) is 70.6 Å². The number of carbonyl (C=O) groups is 2. The Kier molecular flexibility index (Phi) is 33.8. The van der Waals surface area contributed by atoms with Gasteiger partial charge in [0, 0.05) is 12.8 Å². The molecule has 1 N–H and O–H groups in total. The Morgan fingerprint density at radius 2 is 0.935 bits per heavy atom. The smallest absolute Gasteiger partial charge is 0.306 e. The molecule has 5 heteroatoms. The first kappa shape index (κ1) is 42.8. The lowest BCUT2D eigenvalue weighted by molar-refractivity contribution is -0.161. The summed E-state index contributed by atoms with van der Waals surface area (Å²) < 4.78 is 10.4. The van der Waals surface area contributed by atoms with Crippen LogP contribution in [0.2, 0.25) is 0 Å². The van der Waals surface area contributed by atoms with Gasteiger partial charge in [-0.2, -0.15) is 0 Å². The minimum atomic E-state index is -0.839. The summed E-state index contributed by atoms with van der Waals surface area (Å²) in [6, 6.07) is 0. The van der Waals surface area contributed by atoms with Crippen molar-refractivity contribution >= 4 is 11.9 Å². The number of hydrogen-bond donors (Lipinski definition) is 1. The van der Waals surface area contributed by atoms with E-state index in [1.165, 1.54) is 38.5 Å². The summed E-state index contributed by atoms with van der Waals surface area (Å²) in [6.07, 6.45) is 50.5.